The molecule has 2 unspecified atom stereocenters. The number of rotatable bonds is 4. The molecule has 0 spiro atoms. The van der Waals surface area contributed by atoms with Gasteiger partial charge in [-0.1, -0.05) is 6.92 Å². The molecule has 0 saturated carbocycles. The zero-order chi connectivity index (χ0) is 11.5. The second-order valence-corrected chi connectivity index (χ2v) is 4.80. The van der Waals surface area contributed by atoms with E-state index in [9.17, 15) is 0 Å². The molecule has 16 heavy (non-hydrogen) atoms. The van der Waals surface area contributed by atoms with Gasteiger partial charge in [0.2, 0.25) is 0 Å². The fourth-order valence-corrected chi connectivity index (χ4v) is 2.82. The number of fused-ring (bicyclic) bond motifs is 1. The standard InChI is InChI=1S/C13H23N3/c1-4-11(14-3)10(2)16-9-15-12-7-5-6-8-13(12)16/h9-11,14H,4-8H2,1-3H3. The predicted molar refractivity (Wildman–Crippen MR) is 66.7 cm³/mol. The summed E-state index contributed by atoms with van der Waals surface area (Å²) in [6.45, 7) is 4.53. The largest absolute Gasteiger partial charge is 0.330 e. The lowest BCUT2D eigenvalue weighted by Crippen LogP contribution is -2.33. The van der Waals surface area contributed by atoms with Crippen molar-refractivity contribution in [3.05, 3.63) is 17.7 Å². The third kappa shape index (κ3) is 2.01. The van der Waals surface area contributed by atoms with E-state index in [1.807, 2.05) is 13.4 Å². The molecule has 1 aromatic rings. The van der Waals surface area contributed by atoms with E-state index in [-0.39, 0.29) is 0 Å². The average Bonchev–Trinajstić information content (AvgIpc) is 2.74. The van der Waals surface area contributed by atoms with Crippen LogP contribution < -0.4 is 5.32 Å². The number of aromatic nitrogens is 2. The average molecular weight is 221 g/mol. The van der Waals surface area contributed by atoms with Crippen molar-refractivity contribution < 1.29 is 0 Å². The Morgan fingerprint density at radius 3 is 2.88 bits per heavy atom. The smallest absolute Gasteiger partial charge is 0.0954 e. The minimum atomic E-state index is 0.504. The Bertz CT molecular complexity index is 339. The zero-order valence-electron chi connectivity index (χ0n) is 10.7. The van der Waals surface area contributed by atoms with Gasteiger partial charge in [-0.2, -0.15) is 0 Å². The first-order valence-electron chi connectivity index (χ1n) is 6.49. The third-order valence-corrected chi connectivity index (χ3v) is 3.89. The van der Waals surface area contributed by atoms with Crippen LogP contribution in [0.5, 0.6) is 0 Å². The minimum Gasteiger partial charge on any atom is -0.330 e. The van der Waals surface area contributed by atoms with E-state index in [0.717, 1.165) is 6.42 Å². The molecule has 3 nitrogen and oxygen atoms in total. The Kier molecular flexibility index (Phi) is 3.64. The molecule has 1 aliphatic rings. The minimum absolute atomic E-state index is 0.504. The van der Waals surface area contributed by atoms with Crippen LogP contribution in [-0.2, 0) is 12.8 Å². The van der Waals surface area contributed by atoms with E-state index in [1.165, 1.54) is 37.1 Å². The van der Waals surface area contributed by atoms with Crippen LogP contribution in [0.1, 0.15) is 50.5 Å². The molecular weight excluding hydrogens is 198 g/mol. The molecule has 1 aromatic heterocycles. The topological polar surface area (TPSA) is 29.9 Å². The molecule has 3 heteroatoms. The first kappa shape index (κ1) is 11.6. The molecule has 0 aromatic carbocycles. The van der Waals surface area contributed by atoms with Crippen molar-refractivity contribution in [1.82, 2.24) is 14.9 Å². The molecule has 1 N–H and O–H groups in total. The number of likely N-dealkylation sites (N-methyl/N-ethyl adjacent to an activating group) is 1. The molecule has 0 fully saturated rings. The maximum absolute atomic E-state index is 4.56. The summed E-state index contributed by atoms with van der Waals surface area (Å²) in [5.74, 6) is 0. The van der Waals surface area contributed by atoms with Gasteiger partial charge in [-0.25, -0.2) is 4.98 Å². The second kappa shape index (κ2) is 5.00. The first-order chi connectivity index (χ1) is 7.77. The van der Waals surface area contributed by atoms with Crippen LogP contribution in [0, 0.1) is 0 Å². The Morgan fingerprint density at radius 1 is 1.44 bits per heavy atom. The number of aryl methyl sites for hydroxylation is 1. The summed E-state index contributed by atoms with van der Waals surface area (Å²) in [5.41, 5.74) is 2.82. The molecule has 1 aliphatic carbocycles. The van der Waals surface area contributed by atoms with Gasteiger partial charge < -0.3 is 9.88 Å². The maximum atomic E-state index is 4.56. The van der Waals surface area contributed by atoms with Gasteiger partial charge in [-0.05, 0) is 46.1 Å². The Hall–Kier alpha value is -0.830. The predicted octanol–water partition coefficient (Wildman–Crippen LogP) is 2.32. The molecule has 1 heterocycles. The Labute approximate surface area is 98.3 Å². The SMILES string of the molecule is CCC(NC)C(C)n1cnc2c1CCCC2. The van der Waals surface area contributed by atoms with Crippen LogP contribution in [0.15, 0.2) is 6.33 Å². The van der Waals surface area contributed by atoms with Crippen LogP contribution in [0.2, 0.25) is 0 Å². The van der Waals surface area contributed by atoms with E-state index in [0.29, 0.717) is 12.1 Å². The number of nitrogens with zero attached hydrogens (tertiary/aromatic N) is 2. The van der Waals surface area contributed by atoms with Crippen LogP contribution in [0.25, 0.3) is 0 Å². The van der Waals surface area contributed by atoms with Gasteiger partial charge in [0.1, 0.15) is 0 Å². The lowest BCUT2D eigenvalue weighted by atomic mass is 9.99. The van der Waals surface area contributed by atoms with E-state index in [2.05, 4.69) is 28.7 Å². The summed E-state index contributed by atoms with van der Waals surface area (Å²) >= 11 is 0. The highest BCUT2D eigenvalue weighted by Crippen LogP contribution is 2.24. The molecular formula is C13H23N3. The zero-order valence-corrected chi connectivity index (χ0v) is 10.7. The summed E-state index contributed by atoms with van der Waals surface area (Å²) in [6.07, 6.45) is 8.21. The van der Waals surface area contributed by atoms with E-state index >= 15 is 0 Å². The van der Waals surface area contributed by atoms with Gasteiger partial charge in [0, 0.05) is 17.8 Å². The van der Waals surface area contributed by atoms with Crippen LogP contribution in [0.4, 0.5) is 0 Å². The van der Waals surface area contributed by atoms with E-state index in [1.54, 1.807) is 0 Å². The molecule has 2 rings (SSSR count). The fourth-order valence-electron chi connectivity index (χ4n) is 2.82. The number of hydrogen-bond acceptors (Lipinski definition) is 2. The van der Waals surface area contributed by atoms with Crippen molar-refractivity contribution in [2.45, 2.75) is 58.0 Å². The molecule has 0 bridgehead atoms. The van der Waals surface area contributed by atoms with Crippen LogP contribution in [0.3, 0.4) is 0 Å². The second-order valence-electron chi connectivity index (χ2n) is 4.80. The van der Waals surface area contributed by atoms with Crippen LogP contribution in [-0.4, -0.2) is 22.6 Å². The number of nitrogens with one attached hydrogen (secondary N) is 1. The monoisotopic (exact) mass is 221 g/mol. The third-order valence-electron chi connectivity index (χ3n) is 3.89. The Morgan fingerprint density at radius 2 is 2.19 bits per heavy atom. The summed E-state index contributed by atoms with van der Waals surface area (Å²) in [5, 5.41) is 3.40. The normalized spacial score (nSPS) is 19.2. The summed E-state index contributed by atoms with van der Waals surface area (Å²) in [4.78, 5) is 4.56. The lowest BCUT2D eigenvalue weighted by Gasteiger charge is -2.26. The molecule has 0 saturated heterocycles. The van der Waals surface area contributed by atoms with Crippen molar-refractivity contribution >= 4 is 0 Å². The van der Waals surface area contributed by atoms with Crippen LogP contribution >= 0.6 is 0 Å². The van der Waals surface area contributed by atoms with Gasteiger partial charge in [-0.3, -0.25) is 0 Å². The van der Waals surface area contributed by atoms with Crippen molar-refractivity contribution in [3.8, 4) is 0 Å². The lowest BCUT2D eigenvalue weighted by molar-refractivity contribution is 0.371. The maximum Gasteiger partial charge on any atom is 0.0954 e. The van der Waals surface area contributed by atoms with Gasteiger partial charge in [0.25, 0.3) is 0 Å². The highest BCUT2D eigenvalue weighted by molar-refractivity contribution is 5.17. The summed E-state index contributed by atoms with van der Waals surface area (Å²) in [7, 11) is 2.05. The molecule has 2 atom stereocenters. The summed E-state index contributed by atoms with van der Waals surface area (Å²) < 4.78 is 2.39. The molecule has 90 valence electrons. The van der Waals surface area contributed by atoms with Crippen molar-refractivity contribution in [2.24, 2.45) is 0 Å². The Balaban J connectivity index is 2.22. The fraction of sp³-hybridized carbons (Fsp3) is 0.769. The quantitative estimate of drug-likeness (QED) is 0.845. The van der Waals surface area contributed by atoms with E-state index < -0.39 is 0 Å². The highest BCUT2D eigenvalue weighted by Gasteiger charge is 2.21. The summed E-state index contributed by atoms with van der Waals surface area (Å²) in [6, 6.07) is 1.05. The van der Waals surface area contributed by atoms with E-state index in [4.69, 9.17) is 0 Å². The van der Waals surface area contributed by atoms with Gasteiger partial charge >= 0.3 is 0 Å². The van der Waals surface area contributed by atoms with Gasteiger partial charge in [-0.15, -0.1) is 0 Å². The number of hydrogen-bond donors (Lipinski definition) is 1. The van der Waals surface area contributed by atoms with Crippen molar-refractivity contribution in [3.63, 3.8) is 0 Å². The van der Waals surface area contributed by atoms with Gasteiger partial charge in [0.15, 0.2) is 0 Å². The van der Waals surface area contributed by atoms with Crippen molar-refractivity contribution in [1.29, 1.82) is 0 Å². The molecule has 0 amide bonds. The first-order valence-corrected chi connectivity index (χ1v) is 6.49. The molecule has 0 aliphatic heterocycles. The van der Waals surface area contributed by atoms with Crippen molar-refractivity contribution in [2.75, 3.05) is 7.05 Å². The highest BCUT2D eigenvalue weighted by atomic mass is 15.1. The molecule has 0 radical (unpaired) electrons. The van der Waals surface area contributed by atoms with Gasteiger partial charge in [0.05, 0.1) is 12.0 Å². The number of imidazole rings is 1.